The van der Waals surface area contributed by atoms with E-state index in [0.29, 0.717) is 0 Å². The van der Waals surface area contributed by atoms with Gasteiger partial charge in [-0.3, -0.25) is 4.68 Å². The molecule has 0 atom stereocenters. The molecule has 1 rings (SSSR count). The van der Waals surface area contributed by atoms with Crippen LogP contribution in [0.2, 0.25) is 0 Å². The van der Waals surface area contributed by atoms with Crippen LogP contribution in [0.4, 0.5) is 0 Å². The van der Waals surface area contributed by atoms with Crippen LogP contribution in [0.1, 0.15) is 31.2 Å². The van der Waals surface area contributed by atoms with Crippen molar-refractivity contribution < 1.29 is 4.74 Å². The van der Waals surface area contributed by atoms with Gasteiger partial charge < -0.3 is 4.74 Å². The maximum atomic E-state index is 5.51. The quantitative estimate of drug-likeness (QED) is 0.746. The molecular formula is C11H19BrN2O. The van der Waals surface area contributed by atoms with Gasteiger partial charge in [-0.1, -0.05) is 13.3 Å². The maximum Gasteiger partial charge on any atom is 0.0738 e. The number of aromatic nitrogens is 2. The number of unbranched alkanes of at least 4 members (excludes halogenated alkanes) is 1. The molecule has 1 aromatic heterocycles. The van der Waals surface area contributed by atoms with Gasteiger partial charge in [0.15, 0.2) is 0 Å². The summed E-state index contributed by atoms with van der Waals surface area (Å²) < 4.78 is 8.60. The molecule has 0 N–H and O–H groups in total. The van der Waals surface area contributed by atoms with Gasteiger partial charge in [-0.25, -0.2) is 0 Å². The summed E-state index contributed by atoms with van der Waals surface area (Å²) in [5.41, 5.74) is 2.22. The monoisotopic (exact) mass is 274 g/mol. The predicted octanol–water partition coefficient (Wildman–Crippen LogP) is 3.08. The molecular weight excluding hydrogens is 256 g/mol. The normalized spacial score (nSPS) is 10.9. The molecule has 1 aromatic rings. The second kappa shape index (κ2) is 6.28. The Morgan fingerprint density at radius 2 is 2.07 bits per heavy atom. The molecule has 0 aromatic carbocycles. The van der Waals surface area contributed by atoms with Crippen LogP contribution in [-0.2, 0) is 11.3 Å². The molecule has 3 nitrogen and oxygen atoms in total. The molecule has 0 bridgehead atoms. The van der Waals surface area contributed by atoms with E-state index in [4.69, 9.17) is 4.74 Å². The first-order chi connectivity index (χ1) is 7.16. The van der Waals surface area contributed by atoms with Gasteiger partial charge in [-0.15, -0.1) is 0 Å². The Bertz CT molecular complexity index is 310. The Balaban J connectivity index is 2.34. The summed E-state index contributed by atoms with van der Waals surface area (Å²) in [7, 11) is 0. The van der Waals surface area contributed by atoms with E-state index in [2.05, 4.69) is 34.9 Å². The molecule has 0 spiro atoms. The molecule has 0 aliphatic carbocycles. The molecule has 0 saturated heterocycles. The highest BCUT2D eigenvalue weighted by molar-refractivity contribution is 9.10. The van der Waals surface area contributed by atoms with Gasteiger partial charge in [0, 0.05) is 12.3 Å². The van der Waals surface area contributed by atoms with Crippen molar-refractivity contribution in [1.29, 1.82) is 0 Å². The minimum absolute atomic E-state index is 0.744. The van der Waals surface area contributed by atoms with Crippen molar-refractivity contribution in [3.63, 3.8) is 0 Å². The predicted molar refractivity (Wildman–Crippen MR) is 65.1 cm³/mol. The smallest absolute Gasteiger partial charge is 0.0738 e. The first-order valence-corrected chi connectivity index (χ1v) is 6.23. The summed E-state index contributed by atoms with van der Waals surface area (Å²) in [5.74, 6) is 0. The zero-order valence-electron chi connectivity index (χ0n) is 9.72. The topological polar surface area (TPSA) is 27.1 Å². The lowest BCUT2D eigenvalue weighted by Gasteiger charge is -2.05. The Kier molecular flexibility index (Phi) is 5.32. The lowest BCUT2D eigenvalue weighted by Crippen LogP contribution is -2.09. The fourth-order valence-electron chi connectivity index (χ4n) is 1.39. The summed E-state index contributed by atoms with van der Waals surface area (Å²) in [6, 6.07) is 0. The Hall–Kier alpha value is -0.350. The van der Waals surface area contributed by atoms with Crippen LogP contribution < -0.4 is 0 Å². The molecule has 0 fully saturated rings. The van der Waals surface area contributed by atoms with Gasteiger partial charge in [0.25, 0.3) is 0 Å². The van der Waals surface area contributed by atoms with Crippen LogP contribution in [0.5, 0.6) is 0 Å². The Labute approximate surface area is 99.9 Å². The van der Waals surface area contributed by atoms with Gasteiger partial charge >= 0.3 is 0 Å². The molecule has 0 saturated carbocycles. The van der Waals surface area contributed by atoms with E-state index in [1.54, 1.807) is 0 Å². The largest absolute Gasteiger partial charge is 0.380 e. The van der Waals surface area contributed by atoms with Gasteiger partial charge in [0.1, 0.15) is 0 Å². The average molecular weight is 275 g/mol. The summed E-state index contributed by atoms with van der Waals surface area (Å²) in [5, 5.41) is 4.42. The molecule has 86 valence electrons. The van der Waals surface area contributed by atoms with Crippen molar-refractivity contribution in [2.45, 2.75) is 40.2 Å². The van der Waals surface area contributed by atoms with Crippen molar-refractivity contribution in [3.05, 3.63) is 15.9 Å². The SMILES string of the molecule is CCCCOCCn1nc(C)c(Br)c1C. The molecule has 0 unspecified atom stereocenters. The van der Waals surface area contributed by atoms with Crippen LogP contribution in [0.3, 0.4) is 0 Å². The number of hydrogen-bond donors (Lipinski definition) is 0. The highest BCUT2D eigenvalue weighted by Crippen LogP contribution is 2.19. The van der Waals surface area contributed by atoms with Crippen molar-refractivity contribution >= 4 is 15.9 Å². The number of hydrogen-bond acceptors (Lipinski definition) is 2. The van der Waals surface area contributed by atoms with E-state index in [1.807, 2.05) is 11.6 Å². The van der Waals surface area contributed by atoms with E-state index >= 15 is 0 Å². The third kappa shape index (κ3) is 3.61. The van der Waals surface area contributed by atoms with Gasteiger partial charge in [-0.05, 0) is 36.2 Å². The fourth-order valence-corrected chi connectivity index (χ4v) is 1.68. The zero-order valence-corrected chi connectivity index (χ0v) is 11.3. The number of nitrogens with zero attached hydrogens (tertiary/aromatic N) is 2. The minimum Gasteiger partial charge on any atom is -0.380 e. The number of aryl methyl sites for hydroxylation is 1. The van der Waals surface area contributed by atoms with Crippen LogP contribution in [0, 0.1) is 13.8 Å². The van der Waals surface area contributed by atoms with Crippen LogP contribution in [-0.4, -0.2) is 23.0 Å². The van der Waals surface area contributed by atoms with Crippen LogP contribution >= 0.6 is 15.9 Å². The standard InChI is InChI=1S/C11H19BrN2O/c1-4-5-7-15-8-6-14-10(3)11(12)9(2)13-14/h4-8H2,1-3H3. The molecule has 0 aliphatic heterocycles. The van der Waals surface area contributed by atoms with Crippen molar-refractivity contribution in [2.24, 2.45) is 0 Å². The molecule has 0 radical (unpaired) electrons. The van der Waals surface area contributed by atoms with Crippen molar-refractivity contribution in [1.82, 2.24) is 9.78 Å². The fraction of sp³-hybridized carbons (Fsp3) is 0.727. The van der Waals surface area contributed by atoms with Crippen LogP contribution in [0.25, 0.3) is 0 Å². The van der Waals surface area contributed by atoms with Crippen molar-refractivity contribution in [3.8, 4) is 0 Å². The Morgan fingerprint density at radius 3 is 2.60 bits per heavy atom. The highest BCUT2D eigenvalue weighted by Gasteiger charge is 2.07. The zero-order chi connectivity index (χ0) is 11.3. The molecule has 0 aliphatic rings. The number of ether oxygens (including phenoxy) is 1. The third-order valence-electron chi connectivity index (χ3n) is 2.38. The summed E-state index contributed by atoms with van der Waals surface area (Å²) in [6.45, 7) is 8.68. The van der Waals surface area contributed by atoms with Gasteiger partial charge in [-0.2, -0.15) is 5.10 Å². The second-order valence-electron chi connectivity index (χ2n) is 3.67. The molecule has 15 heavy (non-hydrogen) atoms. The van der Waals surface area contributed by atoms with E-state index in [1.165, 1.54) is 12.1 Å². The summed E-state index contributed by atoms with van der Waals surface area (Å²) in [6.07, 6.45) is 2.33. The van der Waals surface area contributed by atoms with Crippen LogP contribution in [0.15, 0.2) is 4.47 Å². The number of rotatable bonds is 6. The lowest BCUT2D eigenvalue weighted by molar-refractivity contribution is 0.120. The second-order valence-corrected chi connectivity index (χ2v) is 4.47. The molecule has 4 heteroatoms. The average Bonchev–Trinajstić information content (AvgIpc) is 2.46. The van der Waals surface area contributed by atoms with E-state index < -0.39 is 0 Å². The minimum atomic E-state index is 0.744. The Morgan fingerprint density at radius 1 is 1.33 bits per heavy atom. The van der Waals surface area contributed by atoms with Crippen molar-refractivity contribution in [2.75, 3.05) is 13.2 Å². The molecule has 1 heterocycles. The van der Waals surface area contributed by atoms with Gasteiger partial charge in [0.05, 0.1) is 23.3 Å². The first-order valence-electron chi connectivity index (χ1n) is 5.44. The lowest BCUT2D eigenvalue weighted by atomic mass is 10.4. The third-order valence-corrected chi connectivity index (χ3v) is 3.53. The van der Waals surface area contributed by atoms with E-state index in [0.717, 1.165) is 36.3 Å². The maximum absolute atomic E-state index is 5.51. The number of halogens is 1. The highest BCUT2D eigenvalue weighted by atomic mass is 79.9. The summed E-state index contributed by atoms with van der Waals surface area (Å²) >= 11 is 3.51. The van der Waals surface area contributed by atoms with E-state index in [-0.39, 0.29) is 0 Å². The first kappa shape index (κ1) is 12.7. The summed E-state index contributed by atoms with van der Waals surface area (Å²) in [4.78, 5) is 0. The molecule has 0 amide bonds. The van der Waals surface area contributed by atoms with Gasteiger partial charge in [0.2, 0.25) is 0 Å². The van der Waals surface area contributed by atoms with E-state index in [9.17, 15) is 0 Å².